The SMILES string of the molecule is CN1CC=C(c2nccc(N)c2[N+](=O)[O-])CC1. The molecular weight excluding hydrogens is 220 g/mol. The summed E-state index contributed by atoms with van der Waals surface area (Å²) in [5.74, 6) is 0. The Kier molecular flexibility index (Phi) is 3.06. The van der Waals surface area contributed by atoms with Gasteiger partial charge in [0.05, 0.1) is 4.92 Å². The van der Waals surface area contributed by atoms with E-state index < -0.39 is 4.92 Å². The number of nitrogens with two attached hydrogens (primary N) is 1. The summed E-state index contributed by atoms with van der Waals surface area (Å²) in [6.07, 6.45) is 4.24. The van der Waals surface area contributed by atoms with Crippen molar-refractivity contribution >= 4 is 16.9 Å². The number of pyridine rings is 1. The number of aromatic nitrogens is 1. The molecule has 0 radical (unpaired) electrons. The van der Waals surface area contributed by atoms with E-state index in [1.54, 1.807) is 0 Å². The second kappa shape index (κ2) is 4.50. The molecule has 0 spiro atoms. The summed E-state index contributed by atoms with van der Waals surface area (Å²) in [6.45, 7) is 1.66. The van der Waals surface area contributed by atoms with Crippen molar-refractivity contribution in [2.45, 2.75) is 6.42 Å². The second-order valence-corrected chi connectivity index (χ2v) is 4.10. The highest BCUT2D eigenvalue weighted by molar-refractivity contribution is 5.76. The number of anilines is 1. The Morgan fingerprint density at radius 2 is 2.35 bits per heavy atom. The number of nitrogen functional groups attached to an aromatic ring is 1. The number of hydrogen-bond acceptors (Lipinski definition) is 5. The fourth-order valence-corrected chi connectivity index (χ4v) is 1.88. The van der Waals surface area contributed by atoms with E-state index in [1.165, 1.54) is 12.3 Å². The van der Waals surface area contributed by atoms with E-state index in [9.17, 15) is 10.1 Å². The predicted molar refractivity (Wildman–Crippen MR) is 65.4 cm³/mol. The molecule has 0 aliphatic carbocycles. The van der Waals surface area contributed by atoms with Crippen LogP contribution in [0.25, 0.3) is 5.57 Å². The van der Waals surface area contributed by atoms with Crippen LogP contribution in [0, 0.1) is 10.1 Å². The molecule has 0 amide bonds. The van der Waals surface area contributed by atoms with Gasteiger partial charge in [0, 0.05) is 19.3 Å². The smallest absolute Gasteiger partial charge is 0.317 e. The molecule has 2 rings (SSSR count). The first-order valence-corrected chi connectivity index (χ1v) is 5.36. The van der Waals surface area contributed by atoms with Crippen molar-refractivity contribution < 1.29 is 4.92 Å². The molecule has 1 aliphatic heterocycles. The van der Waals surface area contributed by atoms with Gasteiger partial charge in [-0.25, -0.2) is 4.98 Å². The zero-order valence-corrected chi connectivity index (χ0v) is 9.59. The molecule has 90 valence electrons. The van der Waals surface area contributed by atoms with Crippen molar-refractivity contribution in [1.82, 2.24) is 9.88 Å². The molecule has 0 aromatic carbocycles. The lowest BCUT2D eigenvalue weighted by Crippen LogP contribution is -2.24. The lowest BCUT2D eigenvalue weighted by molar-refractivity contribution is -0.384. The highest BCUT2D eigenvalue weighted by Crippen LogP contribution is 2.32. The normalized spacial score (nSPS) is 16.6. The van der Waals surface area contributed by atoms with Gasteiger partial charge < -0.3 is 10.6 Å². The molecule has 0 fully saturated rings. The topological polar surface area (TPSA) is 85.3 Å². The van der Waals surface area contributed by atoms with Crippen LogP contribution in [0.2, 0.25) is 0 Å². The van der Waals surface area contributed by atoms with E-state index in [1.807, 2.05) is 13.1 Å². The summed E-state index contributed by atoms with van der Waals surface area (Å²) in [5.41, 5.74) is 7.03. The molecule has 2 heterocycles. The standard InChI is InChI=1S/C11H14N4O2/c1-14-6-3-8(4-7-14)10-11(15(16)17)9(12)2-5-13-10/h2-3,5H,4,6-7H2,1H3,(H2,12,13). The van der Waals surface area contributed by atoms with Gasteiger partial charge in [0.2, 0.25) is 0 Å². The number of nitrogens with zero attached hydrogens (tertiary/aromatic N) is 3. The minimum Gasteiger partial charge on any atom is -0.393 e. The van der Waals surface area contributed by atoms with Gasteiger partial charge in [-0.2, -0.15) is 0 Å². The summed E-state index contributed by atoms with van der Waals surface area (Å²) in [6, 6.07) is 1.46. The maximum atomic E-state index is 11.0. The van der Waals surface area contributed by atoms with Gasteiger partial charge in [0.1, 0.15) is 11.4 Å². The lowest BCUT2D eigenvalue weighted by Gasteiger charge is -2.21. The fraction of sp³-hybridized carbons (Fsp3) is 0.364. The van der Waals surface area contributed by atoms with Crippen molar-refractivity contribution in [3.63, 3.8) is 0 Å². The van der Waals surface area contributed by atoms with Crippen LogP contribution in [0.15, 0.2) is 18.3 Å². The molecule has 1 aliphatic rings. The summed E-state index contributed by atoms with van der Waals surface area (Å²) < 4.78 is 0. The van der Waals surface area contributed by atoms with Crippen molar-refractivity contribution in [1.29, 1.82) is 0 Å². The Hall–Kier alpha value is -1.95. The molecule has 17 heavy (non-hydrogen) atoms. The van der Waals surface area contributed by atoms with Crippen LogP contribution in [0.3, 0.4) is 0 Å². The van der Waals surface area contributed by atoms with Crippen molar-refractivity contribution in [2.75, 3.05) is 25.9 Å². The van der Waals surface area contributed by atoms with Gasteiger partial charge in [-0.05, 0) is 25.1 Å². The molecule has 1 aromatic heterocycles. The first kappa shape index (κ1) is 11.5. The fourth-order valence-electron chi connectivity index (χ4n) is 1.88. The quantitative estimate of drug-likeness (QED) is 0.615. The Morgan fingerprint density at radius 3 is 2.94 bits per heavy atom. The summed E-state index contributed by atoms with van der Waals surface area (Å²) in [7, 11) is 2.01. The highest BCUT2D eigenvalue weighted by atomic mass is 16.6. The van der Waals surface area contributed by atoms with Gasteiger partial charge in [-0.15, -0.1) is 0 Å². The molecule has 2 N–H and O–H groups in total. The van der Waals surface area contributed by atoms with Crippen molar-refractivity contribution in [3.8, 4) is 0 Å². The van der Waals surface area contributed by atoms with Gasteiger partial charge in [0.25, 0.3) is 0 Å². The number of rotatable bonds is 2. The van der Waals surface area contributed by atoms with Gasteiger partial charge in [-0.3, -0.25) is 10.1 Å². The minimum absolute atomic E-state index is 0.0803. The molecule has 6 nitrogen and oxygen atoms in total. The van der Waals surface area contributed by atoms with E-state index >= 15 is 0 Å². The largest absolute Gasteiger partial charge is 0.393 e. The molecular formula is C11H14N4O2. The van der Waals surface area contributed by atoms with E-state index in [0.717, 1.165) is 25.1 Å². The average molecular weight is 234 g/mol. The predicted octanol–water partition coefficient (Wildman–Crippen LogP) is 1.29. The Bertz CT molecular complexity index is 484. The Balaban J connectivity index is 2.45. The lowest BCUT2D eigenvalue weighted by atomic mass is 10.0. The third-order valence-electron chi connectivity index (χ3n) is 2.85. The van der Waals surface area contributed by atoms with Crippen LogP contribution in [0.5, 0.6) is 0 Å². The third kappa shape index (κ3) is 2.26. The molecule has 0 saturated heterocycles. The third-order valence-corrected chi connectivity index (χ3v) is 2.85. The first-order chi connectivity index (χ1) is 8.09. The maximum Gasteiger partial charge on any atom is 0.317 e. The summed E-state index contributed by atoms with van der Waals surface area (Å²) in [5, 5.41) is 11.0. The number of hydrogen-bond donors (Lipinski definition) is 1. The van der Waals surface area contributed by atoms with E-state index in [4.69, 9.17) is 5.73 Å². The van der Waals surface area contributed by atoms with Crippen LogP contribution in [-0.2, 0) is 0 Å². The summed E-state index contributed by atoms with van der Waals surface area (Å²) >= 11 is 0. The number of nitro groups is 1. The van der Waals surface area contributed by atoms with Crippen LogP contribution < -0.4 is 5.73 Å². The van der Waals surface area contributed by atoms with Gasteiger partial charge in [-0.1, -0.05) is 6.08 Å². The zero-order valence-electron chi connectivity index (χ0n) is 9.59. The summed E-state index contributed by atoms with van der Waals surface area (Å²) in [4.78, 5) is 16.8. The van der Waals surface area contributed by atoms with Crippen molar-refractivity contribution in [2.24, 2.45) is 0 Å². The molecule has 1 aromatic rings. The van der Waals surface area contributed by atoms with E-state index in [0.29, 0.717) is 5.69 Å². The molecule has 0 bridgehead atoms. The highest BCUT2D eigenvalue weighted by Gasteiger charge is 2.23. The van der Waals surface area contributed by atoms with E-state index in [2.05, 4.69) is 9.88 Å². The van der Waals surface area contributed by atoms with Crippen molar-refractivity contribution in [3.05, 3.63) is 34.1 Å². The van der Waals surface area contributed by atoms with Crippen LogP contribution in [-0.4, -0.2) is 34.9 Å². The zero-order chi connectivity index (χ0) is 12.4. The second-order valence-electron chi connectivity index (χ2n) is 4.10. The average Bonchev–Trinajstić information content (AvgIpc) is 2.29. The monoisotopic (exact) mass is 234 g/mol. The molecule has 6 heteroatoms. The van der Waals surface area contributed by atoms with Crippen LogP contribution in [0.4, 0.5) is 11.4 Å². The first-order valence-electron chi connectivity index (χ1n) is 5.36. The van der Waals surface area contributed by atoms with E-state index in [-0.39, 0.29) is 11.4 Å². The maximum absolute atomic E-state index is 11.0. The molecule has 0 atom stereocenters. The molecule has 0 saturated carbocycles. The minimum atomic E-state index is -0.461. The van der Waals surface area contributed by atoms with Gasteiger partial charge in [0.15, 0.2) is 0 Å². The van der Waals surface area contributed by atoms with Crippen LogP contribution in [0.1, 0.15) is 12.1 Å². The Morgan fingerprint density at radius 1 is 1.59 bits per heavy atom. The van der Waals surface area contributed by atoms with Crippen LogP contribution >= 0.6 is 0 Å². The Labute approximate surface area is 98.9 Å². The number of likely N-dealkylation sites (N-methyl/N-ethyl adjacent to an activating group) is 1. The van der Waals surface area contributed by atoms with Gasteiger partial charge >= 0.3 is 5.69 Å². The molecule has 0 unspecified atom stereocenters.